The Bertz CT molecular complexity index is 443. The van der Waals surface area contributed by atoms with Gasteiger partial charge in [0.2, 0.25) is 0 Å². The Balaban J connectivity index is 2.11. The molecule has 0 bridgehead atoms. The van der Waals surface area contributed by atoms with Crippen LogP contribution < -0.4 is 5.32 Å². The summed E-state index contributed by atoms with van der Waals surface area (Å²) in [5.74, 6) is 0.527. The molecule has 1 atom stereocenters. The molecule has 0 saturated carbocycles. The van der Waals surface area contributed by atoms with Gasteiger partial charge in [0.25, 0.3) is 0 Å². The van der Waals surface area contributed by atoms with Crippen molar-refractivity contribution in [3.05, 3.63) is 30.0 Å². The SMILES string of the molecule is c1ccc2c([C@H]3CCNC3)noc2c1. The second-order valence-electron chi connectivity index (χ2n) is 3.75. The average molecular weight is 188 g/mol. The van der Waals surface area contributed by atoms with Crippen molar-refractivity contribution in [1.29, 1.82) is 0 Å². The zero-order valence-electron chi connectivity index (χ0n) is 7.86. The predicted molar refractivity (Wildman–Crippen MR) is 54.2 cm³/mol. The number of nitrogens with one attached hydrogen (secondary N) is 1. The lowest BCUT2D eigenvalue weighted by atomic mass is 10.0. The van der Waals surface area contributed by atoms with Crippen molar-refractivity contribution >= 4 is 11.0 Å². The summed E-state index contributed by atoms with van der Waals surface area (Å²) in [5, 5.41) is 8.67. The van der Waals surface area contributed by atoms with Crippen LogP contribution in [0.2, 0.25) is 0 Å². The van der Waals surface area contributed by atoms with E-state index >= 15 is 0 Å². The van der Waals surface area contributed by atoms with Crippen LogP contribution in [0.25, 0.3) is 11.0 Å². The van der Waals surface area contributed by atoms with Gasteiger partial charge in [-0.25, -0.2) is 0 Å². The zero-order valence-corrected chi connectivity index (χ0v) is 7.86. The van der Waals surface area contributed by atoms with Crippen molar-refractivity contribution in [3.8, 4) is 0 Å². The number of benzene rings is 1. The number of nitrogens with zero attached hydrogens (tertiary/aromatic N) is 1. The monoisotopic (exact) mass is 188 g/mol. The minimum absolute atomic E-state index is 0.527. The number of hydrogen-bond donors (Lipinski definition) is 1. The largest absolute Gasteiger partial charge is 0.356 e. The van der Waals surface area contributed by atoms with Crippen molar-refractivity contribution < 1.29 is 4.52 Å². The first-order chi connectivity index (χ1) is 6.95. The molecular weight excluding hydrogens is 176 g/mol. The van der Waals surface area contributed by atoms with Crippen LogP contribution in [0.15, 0.2) is 28.8 Å². The smallest absolute Gasteiger partial charge is 0.167 e. The zero-order chi connectivity index (χ0) is 9.38. The molecule has 14 heavy (non-hydrogen) atoms. The van der Waals surface area contributed by atoms with Crippen LogP contribution in [0.3, 0.4) is 0 Å². The number of para-hydroxylation sites is 1. The van der Waals surface area contributed by atoms with Gasteiger partial charge in [-0.2, -0.15) is 0 Å². The van der Waals surface area contributed by atoms with Gasteiger partial charge in [-0.15, -0.1) is 0 Å². The lowest BCUT2D eigenvalue weighted by Crippen LogP contribution is -2.08. The molecule has 2 aromatic rings. The van der Waals surface area contributed by atoms with E-state index in [1.807, 2.05) is 18.2 Å². The van der Waals surface area contributed by atoms with Gasteiger partial charge >= 0.3 is 0 Å². The maximum Gasteiger partial charge on any atom is 0.167 e. The van der Waals surface area contributed by atoms with Crippen LogP contribution in [-0.2, 0) is 0 Å². The normalized spacial score (nSPS) is 21.9. The summed E-state index contributed by atoms with van der Waals surface area (Å²) < 4.78 is 5.28. The summed E-state index contributed by atoms with van der Waals surface area (Å²) in [6.45, 7) is 2.11. The molecule has 3 rings (SSSR count). The van der Waals surface area contributed by atoms with Crippen molar-refractivity contribution in [2.75, 3.05) is 13.1 Å². The van der Waals surface area contributed by atoms with E-state index in [2.05, 4.69) is 16.5 Å². The molecule has 1 aliphatic rings. The minimum atomic E-state index is 0.527. The minimum Gasteiger partial charge on any atom is -0.356 e. The van der Waals surface area contributed by atoms with Crippen LogP contribution in [0.1, 0.15) is 18.0 Å². The molecule has 2 heterocycles. The molecule has 72 valence electrons. The summed E-state index contributed by atoms with van der Waals surface area (Å²) in [6.07, 6.45) is 1.16. The highest BCUT2D eigenvalue weighted by atomic mass is 16.5. The van der Waals surface area contributed by atoms with Crippen molar-refractivity contribution in [2.24, 2.45) is 0 Å². The van der Waals surface area contributed by atoms with E-state index in [1.165, 1.54) is 5.39 Å². The molecule has 0 amide bonds. The molecule has 0 spiro atoms. The molecule has 3 nitrogen and oxygen atoms in total. The highest BCUT2D eigenvalue weighted by molar-refractivity contribution is 5.79. The van der Waals surface area contributed by atoms with Crippen LogP contribution in [0.5, 0.6) is 0 Å². The Labute approximate surface area is 82.1 Å². The Morgan fingerprint density at radius 3 is 3.14 bits per heavy atom. The number of rotatable bonds is 1. The van der Waals surface area contributed by atoms with Gasteiger partial charge in [-0.05, 0) is 25.1 Å². The predicted octanol–water partition coefficient (Wildman–Crippen LogP) is 1.90. The molecular formula is C11H12N2O. The fraction of sp³-hybridized carbons (Fsp3) is 0.364. The highest BCUT2D eigenvalue weighted by Gasteiger charge is 2.22. The second kappa shape index (κ2) is 3.10. The number of hydrogen-bond acceptors (Lipinski definition) is 3. The fourth-order valence-corrected chi connectivity index (χ4v) is 2.09. The molecule has 0 radical (unpaired) electrons. The van der Waals surface area contributed by atoms with Crippen LogP contribution in [-0.4, -0.2) is 18.2 Å². The third kappa shape index (κ3) is 1.13. The molecule has 0 unspecified atom stereocenters. The van der Waals surface area contributed by atoms with Gasteiger partial charge in [-0.3, -0.25) is 0 Å². The molecule has 1 aromatic heterocycles. The van der Waals surface area contributed by atoms with Gasteiger partial charge in [0.05, 0.1) is 5.69 Å². The summed E-state index contributed by atoms with van der Waals surface area (Å²) in [7, 11) is 0. The molecule has 1 saturated heterocycles. The molecule has 3 heteroatoms. The van der Waals surface area contributed by atoms with Crippen LogP contribution in [0, 0.1) is 0 Å². The quantitative estimate of drug-likeness (QED) is 0.742. The van der Waals surface area contributed by atoms with E-state index in [0.717, 1.165) is 30.8 Å². The highest BCUT2D eigenvalue weighted by Crippen LogP contribution is 2.28. The molecule has 1 N–H and O–H groups in total. The van der Waals surface area contributed by atoms with Crippen LogP contribution in [0.4, 0.5) is 0 Å². The van der Waals surface area contributed by atoms with Crippen molar-refractivity contribution in [3.63, 3.8) is 0 Å². The van der Waals surface area contributed by atoms with E-state index in [1.54, 1.807) is 0 Å². The summed E-state index contributed by atoms with van der Waals surface area (Å²) in [6, 6.07) is 8.06. The Hall–Kier alpha value is -1.35. The Morgan fingerprint density at radius 1 is 1.36 bits per heavy atom. The number of fused-ring (bicyclic) bond motifs is 1. The first-order valence-electron chi connectivity index (χ1n) is 5.00. The van der Waals surface area contributed by atoms with E-state index in [4.69, 9.17) is 4.52 Å². The Kier molecular flexibility index (Phi) is 1.77. The van der Waals surface area contributed by atoms with E-state index in [9.17, 15) is 0 Å². The molecule has 0 aliphatic carbocycles. The lowest BCUT2D eigenvalue weighted by molar-refractivity contribution is 0.439. The first-order valence-corrected chi connectivity index (χ1v) is 5.00. The molecule has 1 aliphatic heterocycles. The van der Waals surface area contributed by atoms with E-state index in [0.29, 0.717) is 5.92 Å². The lowest BCUT2D eigenvalue weighted by Gasteiger charge is -2.02. The molecule has 1 fully saturated rings. The van der Waals surface area contributed by atoms with Crippen molar-refractivity contribution in [1.82, 2.24) is 10.5 Å². The summed E-state index contributed by atoms with van der Waals surface area (Å²) in [4.78, 5) is 0. The van der Waals surface area contributed by atoms with Crippen molar-refractivity contribution in [2.45, 2.75) is 12.3 Å². The third-order valence-corrected chi connectivity index (χ3v) is 2.85. The maximum atomic E-state index is 5.28. The first kappa shape index (κ1) is 8.00. The van der Waals surface area contributed by atoms with E-state index < -0.39 is 0 Å². The maximum absolute atomic E-state index is 5.28. The summed E-state index contributed by atoms with van der Waals surface area (Å²) in [5.41, 5.74) is 2.01. The van der Waals surface area contributed by atoms with Gasteiger partial charge in [-0.1, -0.05) is 17.3 Å². The third-order valence-electron chi connectivity index (χ3n) is 2.85. The van der Waals surface area contributed by atoms with Gasteiger partial charge in [0, 0.05) is 17.8 Å². The molecule has 1 aromatic carbocycles. The van der Waals surface area contributed by atoms with E-state index in [-0.39, 0.29) is 0 Å². The van der Waals surface area contributed by atoms with Crippen LogP contribution >= 0.6 is 0 Å². The Morgan fingerprint density at radius 2 is 2.29 bits per heavy atom. The fourth-order valence-electron chi connectivity index (χ4n) is 2.09. The van der Waals surface area contributed by atoms with Gasteiger partial charge in [0.1, 0.15) is 0 Å². The number of aromatic nitrogens is 1. The topological polar surface area (TPSA) is 38.1 Å². The second-order valence-corrected chi connectivity index (χ2v) is 3.75. The van der Waals surface area contributed by atoms with Gasteiger partial charge in [0.15, 0.2) is 5.58 Å². The summed E-state index contributed by atoms with van der Waals surface area (Å²) >= 11 is 0. The van der Waals surface area contributed by atoms with Gasteiger partial charge < -0.3 is 9.84 Å². The standard InChI is InChI=1S/C11H12N2O/c1-2-4-10-9(3-1)11(13-14-10)8-5-6-12-7-8/h1-4,8,12H,5-7H2/t8-/m0/s1. The average Bonchev–Trinajstić information content (AvgIpc) is 2.85.